The summed E-state index contributed by atoms with van der Waals surface area (Å²) < 4.78 is 6.17. The van der Waals surface area contributed by atoms with Gasteiger partial charge in [0.2, 0.25) is 5.91 Å². The Morgan fingerprint density at radius 2 is 2.06 bits per heavy atom. The lowest BCUT2D eigenvalue weighted by Gasteiger charge is -2.33. The second kappa shape index (κ2) is 11.5. The maximum atomic E-state index is 13.2. The van der Waals surface area contributed by atoms with Crippen LogP contribution >= 0.6 is 0 Å². The van der Waals surface area contributed by atoms with Gasteiger partial charge >= 0.3 is 0 Å². The summed E-state index contributed by atoms with van der Waals surface area (Å²) in [5.74, 6) is 1.27. The van der Waals surface area contributed by atoms with Crippen LogP contribution in [0.5, 0.6) is 0 Å². The zero-order valence-electron chi connectivity index (χ0n) is 21.0. The molecule has 0 spiro atoms. The molecule has 2 atom stereocenters. The number of amides is 1. The van der Waals surface area contributed by atoms with E-state index in [2.05, 4.69) is 48.3 Å². The number of ether oxygens (including phenoxy) is 1. The van der Waals surface area contributed by atoms with Gasteiger partial charge in [-0.15, -0.1) is 0 Å². The molecule has 6 nitrogen and oxygen atoms in total. The number of piperazine rings is 1. The minimum absolute atomic E-state index is 0.0493. The number of nitrogens with zero attached hydrogens (tertiary/aromatic N) is 2. The van der Waals surface area contributed by atoms with E-state index in [-0.39, 0.29) is 30.5 Å². The molecule has 0 aromatic heterocycles. The Bertz CT molecular complexity index is 904. The number of aryl methyl sites for hydroxylation is 1. The number of rotatable bonds is 7. The van der Waals surface area contributed by atoms with E-state index in [9.17, 15) is 9.90 Å². The smallest absolute Gasteiger partial charge is 0.229 e. The third kappa shape index (κ3) is 6.29. The first kappa shape index (κ1) is 25.0. The summed E-state index contributed by atoms with van der Waals surface area (Å²) in [5.41, 5.74) is 3.56. The van der Waals surface area contributed by atoms with E-state index in [0.717, 1.165) is 69.7 Å². The van der Waals surface area contributed by atoms with E-state index in [0.29, 0.717) is 6.04 Å². The lowest BCUT2D eigenvalue weighted by Crippen LogP contribution is -2.48. The van der Waals surface area contributed by atoms with E-state index in [1.807, 2.05) is 24.1 Å². The fraction of sp³-hybridized carbons (Fsp3) is 0.607. The molecule has 34 heavy (non-hydrogen) atoms. The Morgan fingerprint density at radius 3 is 2.76 bits per heavy atom. The molecule has 4 rings (SSSR count). The maximum Gasteiger partial charge on any atom is 0.229 e. The van der Waals surface area contributed by atoms with Gasteiger partial charge in [0.25, 0.3) is 0 Å². The molecule has 1 aromatic carbocycles. The molecule has 1 saturated carbocycles. The van der Waals surface area contributed by atoms with Crippen LogP contribution in [0.15, 0.2) is 42.2 Å². The van der Waals surface area contributed by atoms with E-state index in [4.69, 9.17) is 4.74 Å². The molecular formula is C28H41N3O3. The van der Waals surface area contributed by atoms with Crippen molar-refractivity contribution in [2.24, 2.45) is 11.8 Å². The number of carbonyl (C=O) groups excluding carboxylic acids is 1. The van der Waals surface area contributed by atoms with Gasteiger partial charge in [-0.2, -0.15) is 0 Å². The summed E-state index contributed by atoms with van der Waals surface area (Å²) in [6.07, 6.45) is 10.6. The molecular weight excluding hydrogens is 426 g/mol. The van der Waals surface area contributed by atoms with Gasteiger partial charge in [0.1, 0.15) is 5.76 Å². The minimum Gasteiger partial charge on any atom is -0.491 e. The Kier molecular flexibility index (Phi) is 8.46. The van der Waals surface area contributed by atoms with Gasteiger partial charge in [0.15, 0.2) is 0 Å². The van der Waals surface area contributed by atoms with E-state index < -0.39 is 0 Å². The van der Waals surface area contributed by atoms with Crippen molar-refractivity contribution in [2.75, 3.05) is 38.2 Å². The fourth-order valence-corrected chi connectivity index (χ4v) is 5.40. The fourth-order valence-electron chi connectivity index (χ4n) is 5.40. The van der Waals surface area contributed by atoms with Gasteiger partial charge in [-0.25, -0.2) is 0 Å². The molecule has 1 unspecified atom stereocenters. The number of hydrogen-bond donors (Lipinski definition) is 2. The summed E-state index contributed by atoms with van der Waals surface area (Å²) in [7, 11) is 1.91. The highest BCUT2D eigenvalue weighted by molar-refractivity contribution is 5.94. The van der Waals surface area contributed by atoms with Crippen molar-refractivity contribution in [1.82, 2.24) is 10.2 Å². The van der Waals surface area contributed by atoms with Crippen molar-refractivity contribution < 1.29 is 14.6 Å². The van der Waals surface area contributed by atoms with Crippen LogP contribution in [0.1, 0.15) is 50.2 Å². The number of allylic oxidation sites excluding steroid dienone is 2. The Balaban J connectivity index is 1.29. The number of anilines is 1. The van der Waals surface area contributed by atoms with Gasteiger partial charge < -0.3 is 20.1 Å². The largest absolute Gasteiger partial charge is 0.491 e. The van der Waals surface area contributed by atoms with E-state index >= 15 is 0 Å². The second-order valence-corrected chi connectivity index (χ2v) is 10.3. The summed E-state index contributed by atoms with van der Waals surface area (Å²) >= 11 is 0. The van der Waals surface area contributed by atoms with Crippen molar-refractivity contribution in [3.8, 4) is 0 Å². The monoisotopic (exact) mass is 467 g/mol. The molecule has 2 N–H and O–H groups in total. The topological polar surface area (TPSA) is 65.0 Å². The van der Waals surface area contributed by atoms with Gasteiger partial charge in [0.05, 0.1) is 6.10 Å². The molecule has 1 aliphatic heterocycles. The quantitative estimate of drug-likeness (QED) is 0.639. The first-order chi connectivity index (χ1) is 16.4. The summed E-state index contributed by atoms with van der Waals surface area (Å²) in [6.45, 7) is 8.69. The van der Waals surface area contributed by atoms with Gasteiger partial charge in [-0.05, 0) is 81.4 Å². The van der Waals surface area contributed by atoms with Gasteiger partial charge in [-0.3, -0.25) is 9.69 Å². The zero-order chi connectivity index (χ0) is 24.1. The third-order valence-electron chi connectivity index (χ3n) is 7.57. The standard InChI is InChI=1S/C28H41N3O3/c1-20-15-25(10-7-24(20)18-31-14-13-29-21(2)17-31)30(3)28(33)23-8-11-26(12-9-23)34-27-6-4-5-22(16-27)19-32/h4,6-7,10,15-16,21-23,26,29,32H,5,8-9,11-14,17-19H2,1-3H3/t21-,22?,23-,26-/m0/s1. The summed E-state index contributed by atoms with van der Waals surface area (Å²) in [6, 6.07) is 6.98. The normalized spacial score (nSPS) is 27.8. The van der Waals surface area contributed by atoms with Crippen LogP contribution in [0, 0.1) is 18.8 Å². The zero-order valence-corrected chi connectivity index (χ0v) is 21.0. The lowest BCUT2D eigenvalue weighted by atomic mass is 9.86. The maximum absolute atomic E-state index is 13.2. The van der Waals surface area contributed by atoms with Crippen LogP contribution in [0.25, 0.3) is 0 Å². The third-order valence-corrected chi connectivity index (χ3v) is 7.57. The summed E-state index contributed by atoms with van der Waals surface area (Å²) in [4.78, 5) is 17.6. The minimum atomic E-state index is 0.0493. The average molecular weight is 468 g/mol. The molecule has 2 aliphatic carbocycles. The first-order valence-electron chi connectivity index (χ1n) is 12.9. The van der Waals surface area contributed by atoms with Crippen molar-refractivity contribution in [2.45, 2.75) is 64.6 Å². The van der Waals surface area contributed by atoms with Crippen molar-refractivity contribution in [1.29, 1.82) is 0 Å². The molecule has 3 aliphatic rings. The van der Waals surface area contributed by atoms with Crippen molar-refractivity contribution in [3.63, 3.8) is 0 Å². The van der Waals surface area contributed by atoms with Crippen LogP contribution < -0.4 is 10.2 Å². The number of carbonyl (C=O) groups is 1. The highest BCUT2D eigenvalue weighted by Crippen LogP contribution is 2.31. The number of nitrogens with one attached hydrogen (secondary N) is 1. The predicted octanol–water partition coefficient (Wildman–Crippen LogP) is 3.78. The Hall–Kier alpha value is -2.15. The Labute approximate surface area is 204 Å². The second-order valence-electron chi connectivity index (χ2n) is 10.3. The van der Waals surface area contributed by atoms with Crippen LogP contribution in [-0.4, -0.2) is 61.3 Å². The summed E-state index contributed by atoms with van der Waals surface area (Å²) in [5, 5.41) is 12.9. The molecule has 0 radical (unpaired) electrons. The molecule has 186 valence electrons. The predicted molar refractivity (Wildman–Crippen MR) is 137 cm³/mol. The van der Waals surface area contributed by atoms with Crippen molar-refractivity contribution in [3.05, 3.63) is 53.3 Å². The molecule has 1 saturated heterocycles. The number of aliphatic hydroxyl groups is 1. The molecule has 6 heteroatoms. The highest BCUT2D eigenvalue weighted by atomic mass is 16.5. The van der Waals surface area contributed by atoms with Gasteiger partial charge in [-0.1, -0.05) is 12.1 Å². The lowest BCUT2D eigenvalue weighted by molar-refractivity contribution is -0.123. The van der Waals surface area contributed by atoms with Crippen LogP contribution in [-0.2, 0) is 16.1 Å². The molecule has 1 amide bonds. The van der Waals surface area contributed by atoms with Crippen molar-refractivity contribution >= 4 is 11.6 Å². The van der Waals surface area contributed by atoms with E-state index in [1.165, 1.54) is 11.1 Å². The average Bonchev–Trinajstić information content (AvgIpc) is 2.85. The van der Waals surface area contributed by atoms with Gasteiger partial charge in [0, 0.05) is 63.4 Å². The highest BCUT2D eigenvalue weighted by Gasteiger charge is 2.30. The number of benzene rings is 1. The molecule has 0 bridgehead atoms. The molecule has 1 heterocycles. The molecule has 1 aromatic rings. The van der Waals surface area contributed by atoms with Crippen LogP contribution in [0.4, 0.5) is 5.69 Å². The van der Waals surface area contributed by atoms with Crippen LogP contribution in [0.2, 0.25) is 0 Å². The Morgan fingerprint density at radius 1 is 1.26 bits per heavy atom. The SMILES string of the molecule is Cc1cc(N(C)C(=O)[C@H]2CC[C@H](OC3=CC(CO)CC=C3)CC2)ccc1CN1CCN[C@@H](C)C1. The number of hydrogen-bond acceptors (Lipinski definition) is 5. The van der Waals surface area contributed by atoms with Crippen LogP contribution in [0.3, 0.4) is 0 Å². The van der Waals surface area contributed by atoms with E-state index in [1.54, 1.807) is 0 Å². The number of aliphatic hydroxyl groups excluding tert-OH is 1. The first-order valence-corrected chi connectivity index (χ1v) is 12.9. The molecule has 2 fully saturated rings.